The van der Waals surface area contributed by atoms with E-state index in [-0.39, 0.29) is 5.82 Å². The smallest absolute Gasteiger partial charge is 0.148 e. The lowest BCUT2D eigenvalue weighted by Gasteiger charge is -1.94. The van der Waals surface area contributed by atoms with Gasteiger partial charge in [0.25, 0.3) is 0 Å². The largest absolute Gasteiger partial charge is 0.320 e. The van der Waals surface area contributed by atoms with Crippen molar-refractivity contribution in [3.63, 3.8) is 0 Å². The summed E-state index contributed by atoms with van der Waals surface area (Å²) in [6, 6.07) is 6.47. The number of halogens is 1. The van der Waals surface area contributed by atoms with Gasteiger partial charge < -0.3 is 4.40 Å². The second-order valence-electron chi connectivity index (χ2n) is 2.45. The maximum Gasteiger partial charge on any atom is 0.148 e. The van der Waals surface area contributed by atoms with Gasteiger partial charge in [0, 0.05) is 12.4 Å². The topological polar surface area (TPSA) is 28.2 Å². The molecule has 2 heterocycles. The molecule has 0 saturated carbocycles. The Morgan fingerprint density at radius 2 is 2.17 bits per heavy atom. The molecule has 2 aromatic rings. The van der Waals surface area contributed by atoms with Gasteiger partial charge in [0.15, 0.2) is 0 Å². The van der Waals surface area contributed by atoms with Crippen LogP contribution in [0.5, 0.6) is 0 Å². The maximum atomic E-state index is 13.1. The van der Waals surface area contributed by atoms with E-state index in [2.05, 4.69) is 0 Å². The van der Waals surface area contributed by atoms with E-state index in [1.807, 2.05) is 6.07 Å². The summed E-state index contributed by atoms with van der Waals surface area (Å²) in [6.45, 7) is 0. The zero-order chi connectivity index (χ0) is 8.55. The normalized spacial score (nSPS) is 10.0. The molecule has 0 aliphatic heterocycles. The molecular formula is C9H5FN2. The van der Waals surface area contributed by atoms with Crippen molar-refractivity contribution in [3.05, 3.63) is 42.0 Å². The lowest BCUT2D eigenvalue weighted by atomic mass is 10.3. The molecule has 0 aliphatic rings. The van der Waals surface area contributed by atoms with Crippen LogP contribution in [0.25, 0.3) is 5.52 Å². The average Bonchev–Trinajstić information content (AvgIpc) is 2.49. The zero-order valence-corrected chi connectivity index (χ0v) is 6.16. The summed E-state index contributed by atoms with van der Waals surface area (Å²) < 4.78 is 14.7. The first-order valence-electron chi connectivity index (χ1n) is 3.48. The lowest BCUT2D eigenvalue weighted by Crippen LogP contribution is -1.85. The third kappa shape index (κ3) is 0.785. The first-order valence-corrected chi connectivity index (χ1v) is 3.48. The molecule has 58 valence electrons. The van der Waals surface area contributed by atoms with Crippen molar-refractivity contribution in [3.8, 4) is 6.07 Å². The van der Waals surface area contributed by atoms with Crippen molar-refractivity contribution < 1.29 is 4.39 Å². The molecule has 2 rings (SSSR count). The molecule has 0 bridgehead atoms. The highest BCUT2D eigenvalue weighted by molar-refractivity contribution is 5.62. The molecule has 0 unspecified atom stereocenters. The van der Waals surface area contributed by atoms with Crippen molar-refractivity contribution in [2.45, 2.75) is 0 Å². The Labute approximate surface area is 68.5 Å². The second kappa shape index (κ2) is 2.35. The van der Waals surface area contributed by atoms with Gasteiger partial charge in [-0.3, -0.25) is 0 Å². The molecule has 0 aromatic carbocycles. The summed E-state index contributed by atoms with van der Waals surface area (Å²) in [7, 11) is 0. The molecule has 0 fully saturated rings. The average molecular weight is 160 g/mol. The molecule has 0 atom stereocenters. The molecular weight excluding hydrogens is 155 g/mol. The molecule has 2 nitrogen and oxygen atoms in total. The number of nitrogens with zero attached hydrogens (tertiary/aromatic N) is 2. The van der Waals surface area contributed by atoms with Gasteiger partial charge in [0.2, 0.25) is 0 Å². The number of hydrogen-bond donors (Lipinski definition) is 0. The van der Waals surface area contributed by atoms with E-state index in [0.29, 0.717) is 11.1 Å². The van der Waals surface area contributed by atoms with Gasteiger partial charge in [-0.2, -0.15) is 5.26 Å². The molecule has 0 radical (unpaired) electrons. The Morgan fingerprint density at radius 3 is 2.92 bits per heavy atom. The van der Waals surface area contributed by atoms with E-state index < -0.39 is 0 Å². The number of pyridine rings is 1. The Morgan fingerprint density at radius 1 is 1.33 bits per heavy atom. The summed E-state index contributed by atoms with van der Waals surface area (Å²) in [6.07, 6.45) is 3.37. The monoisotopic (exact) mass is 160 g/mol. The van der Waals surface area contributed by atoms with Crippen LogP contribution in [0.3, 0.4) is 0 Å². The van der Waals surface area contributed by atoms with Gasteiger partial charge >= 0.3 is 0 Å². The lowest BCUT2D eigenvalue weighted by molar-refractivity contribution is 0.633. The van der Waals surface area contributed by atoms with Crippen LogP contribution < -0.4 is 0 Å². The minimum atomic E-state index is -0.362. The SMILES string of the molecule is N#Cc1ccn2cccc(F)c12. The third-order valence-electron chi connectivity index (χ3n) is 1.75. The van der Waals surface area contributed by atoms with Crippen molar-refractivity contribution in [1.82, 2.24) is 4.40 Å². The molecule has 3 heteroatoms. The highest BCUT2D eigenvalue weighted by atomic mass is 19.1. The van der Waals surface area contributed by atoms with Crippen molar-refractivity contribution in [2.75, 3.05) is 0 Å². The summed E-state index contributed by atoms with van der Waals surface area (Å²) >= 11 is 0. The Balaban J connectivity index is 2.95. The molecule has 0 N–H and O–H groups in total. The molecule has 0 aliphatic carbocycles. The van der Waals surface area contributed by atoms with Gasteiger partial charge in [-0.15, -0.1) is 0 Å². The maximum absolute atomic E-state index is 13.1. The van der Waals surface area contributed by atoms with E-state index >= 15 is 0 Å². The standard InChI is InChI=1S/C9H5FN2/c10-8-2-1-4-12-5-3-7(6-11)9(8)12/h1-5H. The van der Waals surface area contributed by atoms with Gasteiger partial charge in [0.1, 0.15) is 11.9 Å². The van der Waals surface area contributed by atoms with Crippen LogP contribution in [-0.2, 0) is 0 Å². The first kappa shape index (κ1) is 6.86. The summed E-state index contributed by atoms with van der Waals surface area (Å²) in [5.74, 6) is -0.362. The molecule has 12 heavy (non-hydrogen) atoms. The predicted molar refractivity (Wildman–Crippen MR) is 42.1 cm³/mol. The number of fused-ring (bicyclic) bond motifs is 1. The van der Waals surface area contributed by atoms with Crippen molar-refractivity contribution in [1.29, 1.82) is 5.26 Å². The zero-order valence-electron chi connectivity index (χ0n) is 6.16. The number of aromatic nitrogens is 1. The first-order chi connectivity index (χ1) is 5.83. The van der Waals surface area contributed by atoms with Gasteiger partial charge in [0.05, 0.1) is 11.1 Å². The quantitative estimate of drug-likeness (QED) is 0.578. The third-order valence-corrected chi connectivity index (χ3v) is 1.75. The molecule has 0 spiro atoms. The van der Waals surface area contributed by atoms with Gasteiger partial charge in [-0.05, 0) is 18.2 Å². The Bertz CT molecular complexity index is 465. The van der Waals surface area contributed by atoms with Crippen LogP contribution in [0.4, 0.5) is 4.39 Å². The minimum absolute atomic E-state index is 0.347. The van der Waals surface area contributed by atoms with Gasteiger partial charge in [-0.1, -0.05) is 0 Å². The second-order valence-corrected chi connectivity index (χ2v) is 2.45. The summed E-state index contributed by atoms with van der Waals surface area (Å²) in [5, 5.41) is 8.62. The van der Waals surface area contributed by atoms with Crippen LogP contribution in [0.1, 0.15) is 5.56 Å². The summed E-state index contributed by atoms with van der Waals surface area (Å²) in [4.78, 5) is 0. The van der Waals surface area contributed by atoms with E-state index in [1.165, 1.54) is 6.07 Å². The number of nitriles is 1. The van der Waals surface area contributed by atoms with Crippen LogP contribution in [0.15, 0.2) is 30.6 Å². The van der Waals surface area contributed by atoms with Crippen molar-refractivity contribution in [2.24, 2.45) is 0 Å². The Hall–Kier alpha value is -1.82. The highest BCUT2D eigenvalue weighted by Crippen LogP contribution is 2.14. The fourth-order valence-corrected chi connectivity index (χ4v) is 1.21. The van der Waals surface area contributed by atoms with E-state index in [9.17, 15) is 4.39 Å². The fourth-order valence-electron chi connectivity index (χ4n) is 1.21. The highest BCUT2D eigenvalue weighted by Gasteiger charge is 2.05. The molecule has 2 aromatic heterocycles. The van der Waals surface area contributed by atoms with Gasteiger partial charge in [-0.25, -0.2) is 4.39 Å². The fraction of sp³-hybridized carbons (Fsp3) is 0. The van der Waals surface area contributed by atoms with E-state index in [4.69, 9.17) is 5.26 Å². The predicted octanol–water partition coefficient (Wildman–Crippen LogP) is 1.95. The van der Waals surface area contributed by atoms with Crippen LogP contribution >= 0.6 is 0 Å². The summed E-state index contributed by atoms with van der Waals surface area (Å²) in [5.41, 5.74) is 0.716. The van der Waals surface area contributed by atoms with Crippen LogP contribution in [0, 0.1) is 17.1 Å². The molecule has 0 amide bonds. The van der Waals surface area contributed by atoms with Crippen LogP contribution in [-0.4, -0.2) is 4.40 Å². The number of hydrogen-bond acceptors (Lipinski definition) is 1. The van der Waals surface area contributed by atoms with E-state index in [1.54, 1.807) is 28.9 Å². The molecule has 0 saturated heterocycles. The minimum Gasteiger partial charge on any atom is -0.320 e. The van der Waals surface area contributed by atoms with Crippen molar-refractivity contribution >= 4 is 5.52 Å². The number of rotatable bonds is 0. The van der Waals surface area contributed by atoms with E-state index in [0.717, 1.165) is 0 Å². The Kier molecular flexibility index (Phi) is 1.34. The van der Waals surface area contributed by atoms with Crippen LogP contribution in [0.2, 0.25) is 0 Å².